The fourth-order valence-corrected chi connectivity index (χ4v) is 3.25. The Bertz CT molecular complexity index is 1300. The minimum atomic E-state index is 0. The number of rotatable bonds is 3. The normalized spacial score (nSPS) is 9.50. The van der Waals surface area contributed by atoms with Crippen molar-refractivity contribution in [3.63, 3.8) is 0 Å². The molecule has 0 saturated heterocycles. The maximum Gasteiger partial charge on any atom is 0.0888 e. The van der Waals surface area contributed by atoms with Crippen molar-refractivity contribution in [2.45, 2.75) is 6.92 Å². The quantitative estimate of drug-likeness (QED) is 0.215. The van der Waals surface area contributed by atoms with Crippen LogP contribution in [-0.4, -0.2) is 29.9 Å². The molecule has 6 nitrogen and oxygen atoms in total. The Morgan fingerprint density at radius 1 is 0.342 bits per heavy atom. The van der Waals surface area contributed by atoms with E-state index in [1.807, 2.05) is 110 Å². The third-order valence-corrected chi connectivity index (χ3v) is 5.03. The van der Waals surface area contributed by atoms with Crippen LogP contribution in [0.2, 0.25) is 0 Å². The molecule has 0 aliphatic carbocycles. The van der Waals surface area contributed by atoms with Crippen molar-refractivity contribution < 1.29 is 19.5 Å². The van der Waals surface area contributed by atoms with Crippen molar-refractivity contribution in [1.29, 1.82) is 0 Å². The zero-order valence-corrected chi connectivity index (χ0v) is 22.6. The van der Waals surface area contributed by atoms with Gasteiger partial charge in [0.25, 0.3) is 0 Å². The maximum absolute atomic E-state index is 4.25. The average Bonchev–Trinajstić information content (AvgIpc) is 3.00. The Morgan fingerprint density at radius 2 is 0.632 bits per heavy atom. The number of hydrogen-bond donors (Lipinski definition) is 0. The summed E-state index contributed by atoms with van der Waals surface area (Å²) in [5.74, 6) is 0. The van der Waals surface area contributed by atoms with Crippen LogP contribution >= 0.6 is 0 Å². The van der Waals surface area contributed by atoms with Gasteiger partial charge in [0, 0.05) is 56.7 Å². The van der Waals surface area contributed by atoms with Gasteiger partial charge < -0.3 is 0 Å². The molecular weight excluding hydrogens is 557 g/mol. The first kappa shape index (κ1) is 28.1. The predicted octanol–water partition coefficient (Wildman–Crippen LogP) is 6.74. The van der Waals surface area contributed by atoms with E-state index in [0.29, 0.717) is 0 Å². The zero-order valence-electron chi connectivity index (χ0n) is 20.8. The van der Waals surface area contributed by atoms with Gasteiger partial charge in [-0.2, -0.15) is 0 Å². The molecule has 6 heterocycles. The largest absolute Gasteiger partial charge is 0.255 e. The average molecular weight is 584 g/mol. The van der Waals surface area contributed by atoms with Crippen molar-refractivity contribution in [2.24, 2.45) is 0 Å². The summed E-state index contributed by atoms with van der Waals surface area (Å²) < 4.78 is 0. The molecule has 0 atom stereocenters. The van der Waals surface area contributed by atoms with Crippen molar-refractivity contribution >= 4 is 0 Å². The van der Waals surface area contributed by atoms with Gasteiger partial charge >= 0.3 is 0 Å². The molecule has 0 aliphatic rings. The molecule has 0 unspecified atom stereocenters. The molecule has 7 heteroatoms. The monoisotopic (exact) mass is 584 g/mol. The molecule has 0 spiro atoms. The molecule has 0 aliphatic heterocycles. The summed E-state index contributed by atoms with van der Waals surface area (Å²) in [4.78, 5) is 25.2. The van der Waals surface area contributed by atoms with Crippen LogP contribution in [0.3, 0.4) is 0 Å². The van der Waals surface area contributed by atoms with Crippen LogP contribution < -0.4 is 0 Å². The number of hydrogen-bond acceptors (Lipinski definition) is 6. The van der Waals surface area contributed by atoms with Crippen LogP contribution in [0.1, 0.15) is 5.56 Å². The van der Waals surface area contributed by atoms with E-state index in [2.05, 4.69) is 29.9 Å². The molecule has 0 radical (unpaired) electrons. The Balaban J connectivity index is 0.000000156. The summed E-state index contributed by atoms with van der Waals surface area (Å²) in [5.41, 5.74) is 6.72. The Hall–Kier alpha value is -4.48. The Labute approximate surface area is 235 Å². The summed E-state index contributed by atoms with van der Waals surface area (Å²) in [7, 11) is 0. The molecule has 188 valence electrons. The van der Waals surface area contributed by atoms with Gasteiger partial charge in [0.1, 0.15) is 0 Å². The third-order valence-electron chi connectivity index (χ3n) is 5.03. The first-order valence-electron chi connectivity index (χ1n) is 11.8. The van der Waals surface area contributed by atoms with Crippen molar-refractivity contribution in [3.05, 3.63) is 146 Å². The number of pyridine rings is 6. The molecule has 0 bridgehead atoms. The van der Waals surface area contributed by atoms with Crippen molar-refractivity contribution in [1.82, 2.24) is 29.9 Å². The predicted molar refractivity (Wildman–Crippen MR) is 147 cm³/mol. The fraction of sp³-hybridized carbons (Fsp3) is 0.0323. The van der Waals surface area contributed by atoms with Crippen molar-refractivity contribution in [3.8, 4) is 34.2 Å². The molecule has 38 heavy (non-hydrogen) atoms. The molecular formula is C31H26N6Ru. The third kappa shape index (κ3) is 8.88. The minimum absolute atomic E-state index is 0. The maximum atomic E-state index is 4.25. The number of aromatic nitrogens is 6. The summed E-state index contributed by atoms with van der Waals surface area (Å²) in [6.07, 6.45) is 10.7. The first-order chi connectivity index (χ1) is 18.3. The molecule has 0 amide bonds. The molecule has 6 rings (SSSR count). The van der Waals surface area contributed by atoms with Gasteiger partial charge in [-0.05, 0) is 85.3 Å². The van der Waals surface area contributed by atoms with E-state index < -0.39 is 0 Å². The SMILES string of the molecule is Cc1ccnc(-c2ccccn2)c1.[Ru].c1ccc(-c2ccccn2)nc1.c1ccc(-c2ccccn2)nc1. The Morgan fingerprint density at radius 3 is 0.895 bits per heavy atom. The standard InChI is InChI=1S/C11H10N2.2C10H8N2.Ru/c1-9-5-7-13-11(8-9)10-4-2-3-6-12-10;2*1-3-7-11-9(5-1)10-6-2-4-8-12-10;/h2-8H,1H3;2*1-8H;. The van der Waals surface area contributed by atoms with Crippen LogP contribution in [0.25, 0.3) is 34.2 Å². The van der Waals surface area contributed by atoms with E-state index in [1.54, 1.807) is 37.2 Å². The summed E-state index contributed by atoms with van der Waals surface area (Å²) in [6.45, 7) is 2.05. The second-order valence-electron chi connectivity index (χ2n) is 7.79. The van der Waals surface area contributed by atoms with Gasteiger partial charge in [0.2, 0.25) is 0 Å². The minimum Gasteiger partial charge on any atom is -0.255 e. The summed E-state index contributed by atoms with van der Waals surface area (Å²) >= 11 is 0. The van der Waals surface area contributed by atoms with Gasteiger partial charge in [0.05, 0.1) is 34.2 Å². The topological polar surface area (TPSA) is 77.3 Å². The molecule has 0 fully saturated rings. The van der Waals surface area contributed by atoms with Gasteiger partial charge in [-0.15, -0.1) is 0 Å². The van der Waals surface area contributed by atoms with E-state index in [-0.39, 0.29) is 19.5 Å². The van der Waals surface area contributed by atoms with E-state index in [9.17, 15) is 0 Å². The molecule has 0 aromatic carbocycles. The second-order valence-corrected chi connectivity index (χ2v) is 7.79. The molecule has 6 aromatic heterocycles. The first-order valence-corrected chi connectivity index (χ1v) is 11.8. The van der Waals surface area contributed by atoms with E-state index >= 15 is 0 Å². The summed E-state index contributed by atoms with van der Waals surface area (Å²) in [5, 5.41) is 0. The summed E-state index contributed by atoms with van der Waals surface area (Å²) in [6, 6.07) is 33.0. The second kappa shape index (κ2) is 15.6. The van der Waals surface area contributed by atoms with E-state index in [0.717, 1.165) is 34.2 Å². The van der Waals surface area contributed by atoms with Crippen LogP contribution in [0.15, 0.2) is 140 Å². The van der Waals surface area contributed by atoms with Crippen LogP contribution in [-0.2, 0) is 19.5 Å². The van der Waals surface area contributed by atoms with Gasteiger partial charge in [-0.3, -0.25) is 29.9 Å². The zero-order chi connectivity index (χ0) is 25.5. The van der Waals surface area contributed by atoms with E-state index in [4.69, 9.17) is 0 Å². The molecule has 6 aromatic rings. The van der Waals surface area contributed by atoms with E-state index in [1.165, 1.54) is 5.56 Å². The van der Waals surface area contributed by atoms with Gasteiger partial charge in [-0.25, -0.2) is 0 Å². The smallest absolute Gasteiger partial charge is 0.0888 e. The molecule has 0 saturated carbocycles. The van der Waals surface area contributed by atoms with Gasteiger partial charge in [-0.1, -0.05) is 30.3 Å². The van der Waals surface area contributed by atoms with Crippen molar-refractivity contribution in [2.75, 3.05) is 0 Å². The van der Waals surface area contributed by atoms with Crippen LogP contribution in [0.4, 0.5) is 0 Å². The van der Waals surface area contributed by atoms with Crippen LogP contribution in [0.5, 0.6) is 0 Å². The number of aryl methyl sites for hydroxylation is 1. The fourth-order valence-electron chi connectivity index (χ4n) is 3.25. The number of nitrogens with zero attached hydrogens (tertiary/aromatic N) is 6. The van der Waals surface area contributed by atoms with Gasteiger partial charge in [0.15, 0.2) is 0 Å². The Kier molecular flexibility index (Phi) is 11.5. The van der Waals surface area contributed by atoms with Crippen LogP contribution in [0, 0.1) is 6.92 Å². The molecule has 0 N–H and O–H groups in total.